The Labute approximate surface area is 94.6 Å². The Hall–Kier alpha value is -1.16. The van der Waals surface area contributed by atoms with Crippen LogP contribution in [-0.4, -0.2) is 10.2 Å². The molecule has 0 aliphatic heterocycles. The quantitative estimate of drug-likeness (QED) is 0.861. The van der Waals surface area contributed by atoms with Gasteiger partial charge in [-0.05, 0) is 31.0 Å². The number of fused-ring (bicyclic) bond motifs is 1. The average molecular weight is 265 g/mol. The zero-order chi connectivity index (χ0) is 10.4. The first-order valence-electron chi connectivity index (χ1n) is 4.93. The minimum Gasteiger partial charge on any atom is -0.267 e. The van der Waals surface area contributed by atoms with Crippen molar-refractivity contribution in [1.82, 2.24) is 10.2 Å². The van der Waals surface area contributed by atoms with Gasteiger partial charge >= 0.3 is 0 Å². The van der Waals surface area contributed by atoms with E-state index in [0.717, 1.165) is 20.9 Å². The first-order chi connectivity index (χ1) is 7.25. The van der Waals surface area contributed by atoms with Crippen molar-refractivity contribution in [2.45, 2.75) is 18.8 Å². The summed E-state index contributed by atoms with van der Waals surface area (Å²) in [5, 5.41) is 8.43. The molecular weight excluding hydrogens is 256 g/mol. The Morgan fingerprint density at radius 3 is 2.87 bits per heavy atom. The molecule has 15 heavy (non-hydrogen) atoms. The number of nitrogens with zero attached hydrogens (tertiary/aromatic N) is 1. The van der Waals surface area contributed by atoms with Crippen LogP contribution in [-0.2, 0) is 0 Å². The third kappa shape index (κ3) is 1.49. The Morgan fingerprint density at radius 2 is 2.13 bits per heavy atom. The van der Waals surface area contributed by atoms with Crippen molar-refractivity contribution in [2.24, 2.45) is 0 Å². The summed E-state index contributed by atoms with van der Waals surface area (Å²) in [6.45, 7) is 0. The van der Waals surface area contributed by atoms with Crippen LogP contribution in [0.2, 0.25) is 0 Å². The number of benzene rings is 1. The molecule has 1 aliphatic carbocycles. The lowest BCUT2D eigenvalue weighted by atomic mass is 10.1. The molecule has 0 spiro atoms. The first-order valence-corrected chi connectivity index (χ1v) is 5.73. The van der Waals surface area contributed by atoms with E-state index >= 15 is 0 Å². The molecule has 0 radical (unpaired) electrons. The Bertz CT molecular complexity index is 587. The normalized spacial score (nSPS) is 15.8. The highest BCUT2D eigenvalue weighted by Gasteiger charge is 2.27. The van der Waals surface area contributed by atoms with Gasteiger partial charge in [0.05, 0.1) is 11.1 Å². The van der Waals surface area contributed by atoms with Crippen molar-refractivity contribution in [1.29, 1.82) is 0 Å². The molecule has 1 heterocycles. The molecule has 1 aliphatic rings. The van der Waals surface area contributed by atoms with Crippen LogP contribution in [0.3, 0.4) is 0 Å². The predicted octanol–water partition coefficient (Wildman–Crippen LogP) is 2.56. The van der Waals surface area contributed by atoms with Crippen molar-refractivity contribution in [3.8, 4) is 0 Å². The van der Waals surface area contributed by atoms with E-state index in [-0.39, 0.29) is 5.56 Å². The second-order valence-electron chi connectivity index (χ2n) is 3.90. The van der Waals surface area contributed by atoms with Crippen LogP contribution in [0.25, 0.3) is 10.8 Å². The second kappa shape index (κ2) is 3.17. The zero-order valence-electron chi connectivity index (χ0n) is 7.96. The monoisotopic (exact) mass is 264 g/mol. The van der Waals surface area contributed by atoms with Crippen LogP contribution in [0.5, 0.6) is 0 Å². The van der Waals surface area contributed by atoms with Crippen molar-refractivity contribution in [3.05, 3.63) is 38.7 Å². The summed E-state index contributed by atoms with van der Waals surface area (Å²) < 4.78 is 0.990. The molecular formula is C11H9BrN2O. The molecule has 1 aromatic heterocycles. The molecule has 0 unspecified atom stereocenters. The van der Waals surface area contributed by atoms with E-state index in [9.17, 15) is 4.79 Å². The molecule has 4 heteroatoms. The fourth-order valence-corrected chi connectivity index (χ4v) is 2.19. The lowest BCUT2D eigenvalue weighted by Gasteiger charge is -2.03. The van der Waals surface area contributed by atoms with Gasteiger partial charge in [0, 0.05) is 15.8 Å². The van der Waals surface area contributed by atoms with Gasteiger partial charge in [0.15, 0.2) is 0 Å². The van der Waals surface area contributed by atoms with E-state index in [1.54, 1.807) is 0 Å². The third-order valence-corrected chi connectivity index (χ3v) is 3.24. The van der Waals surface area contributed by atoms with Gasteiger partial charge in [0.25, 0.3) is 5.56 Å². The molecule has 1 saturated carbocycles. The highest BCUT2D eigenvalue weighted by Crippen LogP contribution is 2.41. The highest BCUT2D eigenvalue weighted by atomic mass is 79.9. The fourth-order valence-electron chi connectivity index (χ4n) is 1.83. The molecule has 76 valence electrons. The lowest BCUT2D eigenvalue weighted by molar-refractivity contribution is 0.911. The average Bonchev–Trinajstić information content (AvgIpc) is 3.02. The molecule has 0 bridgehead atoms. The summed E-state index contributed by atoms with van der Waals surface area (Å²) in [5.41, 5.74) is 0.924. The number of hydrogen-bond donors (Lipinski definition) is 1. The van der Waals surface area contributed by atoms with Crippen molar-refractivity contribution < 1.29 is 0 Å². The van der Waals surface area contributed by atoms with E-state index in [4.69, 9.17) is 0 Å². The second-order valence-corrected chi connectivity index (χ2v) is 4.82. The molecule has 0 atom stereocenters. The van der Waals surface area contributed by atoms with Gasteiger partial charge in [0.2, 0.25) is 0 Å². The number of aromatic amines is 1. The van der Waals surface area contributed by atoms with Gasteiger partial charge in [-0.2, -0.15) is 5.10 Å². The number of halogens is 1. The summed E-state index contributed by atoms with van der Waals surface area (Å²) in [5.74, 6) is 0.540. The van der Waals surface area contributed by atoms with E-state index in [2.05, 4.69) is 26.1 Å². The summed E-state index contributed by atoms with van der Waals surface area (Å²) >= 11 is 3.42. The minimum atomic E-state index is -0.109. The SMILES string of the molecule is O=c1[nH]nc(C2CC2)c2cc(Br)ccc12. The van der Waals surface area contributed by atoms with Crippen molar-refractivity contribution in [2.75, 3.05) is 0 Å². The van der Waals surface area contributed by atoms with Crippen molar-refractivity contribution >= 4 is 26.7 Å². The Morgan fingerprint density at radius 1 is 1.33 bits per heavy atom. The van der Waals surface area contributed by atoms with Gasteiger partial charge in [0.1, 0.15) is 0 Å². The maximum Gasteiger partial charge on any atom is 0.272 e. The maximum atomic E-state index is 11.6. The van der Waals surface area contributed by atoms with Gasteiger partial charge in [-0.1, -0.05) is 15.9 Å². The molecule has 1 fully saturated rings. The van der Waals surface area contributed by atoms with E-state index in [1.807, 2.05) is 18.2 Å². The standard InChI is InChI=1S/C11H9BrN2O/c12-7-3-4-8-9(5-7)10(6-1-2-6)13-14-11(8)15/h3-6H,1-2H2,(H,14,15). The Kier molecular flexibility index (Phi) is 1.92. The van der Waals surface area contributed by atoms with Gasteiger partial charge < -0.3 is 0 Å². The molecule has 0 amide bonds. The molecule has 2 aromatic rings. The van der Waals surface area contributed by atoms with Crippen LogP contribution in [0, 0.1) is 0 Å². The largest absolute Gasteiger partial charge is 0.272 e. The first kappa shape index (κ1) is 9.09. The van der Waals surface area contributed by atoms with Crippen LogP contribution < -0.4 is 5.56 Å². The third-order valence-electron chi connectivity index (χ3n) is 2.74. The van der Waals surface area contributed by atoms with E-state index < -0.39 is 0 Å². The molecule has 3 rings (SSSR count). The van der Waals surface area contributed by atoms with Gasteiger partial charge in [-0.15, -0.1) is 0 Å². The Balaban J connectivity index is 2.41. The number of rotatable bonds is 1. The zero-order valence-corrected chi connectivity index (χ0v) is 9.54. The summed E-state index contributed by atoms with van der Waals surface area (Å²) in [6, 6.07) is 5.70. The maximum absolute atomic E-state index is 11.6. The van der Waals surface area contributed by atoms with E-state index in [0.29, 0.717) is 5.92 Å². The molecule has 1 N–H and O–H groups in total. The van der Waals surface area contributed by atoms with Gasteiger partial charge in [-0.25, -0.2) is 5.10 Å². The summed E-state index contributed by atoms with van der Waals surface area (Å²) in [6.07, 6.45) is 2.36. The van der Waals surface area contributed by atoms with Crippen LogP contribution in [0.4, 0.5) is 0 Å². The summed E-state index contributed by atoms with van der Waals surface area (Å²) in [7, 11) is 0. The number of H-pyrrole nitrogens is 1. The van der Waals surface area contributed by atoms with Crippen LogP contribution in [0.1, 0.15) is 24.5 Å². The lowest BCUT2D eigenvalue weighted by Crippen LogP contribution is -2.10. The number of aromatic nitrogens is 2. The predicted molar refractivity (Wildman–Crippen MR) is 62.0 cm³/mol. The number of hydrogen-bond acceptors (Lipinski definition) is 2. The highest BCUT2D eigenvalue weighted by molar-refractivity contribution is 9.10. The summed E-state index contributed by atoms with van der Waals surface area (Å²) in [4.78, 5) is 11.6. The molecule has 1 aromatic carbocycles. The van der Waals surface area contributed by atoms with E-state index in [1.165, 1.54) is 12.8 Å². The van der Waals surface area contributed by atoms with Crippen LogP contribution >= 0.6 is 15.9 Å². The van der Waals surface area contributed by atoms with Gasteiger partial charge in [-0.3, -0.25) is 4.79 Å². The number of nitrogens with one attached hydrogen (secondary N) is 1. The van der Waals surface area contributed by atoms with Crippen LogP contribution in [0.15, 0.2) is 27.5 Å². The topological polar surface area (TPSA) is 45.8 Å². The smallest absolute Gasteiger partial charge is 0.267 e. The minimum absolute atomic E-state index is 0.109. The fraction of sp³-hybridized carbons (Fsp3) is 0.273. The molecule has 3 nitrogen and oxygen atoms in total. The molecule has 0 saturated heterocycles. The van der Waals surface area contributed by atoms with Crippen molar-refractivity contribution in [3.63, 3.8) is 0 Å².